The van der Waals surface area contributed by atoms with Crippen LogP contribution in [-0.2, 0) is 23.7 Å². The summed E-state index contributed by atoms with van der Waals surface area (Å²) in [6, 6.07) is 1.50. The second-order valence-electron chi connectivity index (χ2n) is 17.4. The van der Waals surface area contributed by atoms with Gasteiger partial charge in [-0.05, 0) is 24.3 Å². The highest BCUT2D eigenvalue weighted by Crippen LogP contribution is 2.59. The molecule has 17 N–H and O–H groups in total. The summed E-state index contributed by atoms with van der Waals surface area (Å²) in [4.78, 5) is 86.1. The number of benzene rings is 6. The van der Waals surface area contributed by atoms with Crippen LogP contribution in [0.15, 0.2) is 42.7 Å². The monoisotopic (exact) mass is 1080 g/mol. The molecular weight excluding hydrogens is 1060 g/mol. The van der Waals surface area contributed by atoms with Crippen LogP contribution in [-0.4, -0.2) is 148 Å². The van der Waals surface area contributed by atoms with Gasteiger partial charge in [-0.2, -0.15) is 0 Å². The minimum absolute atomic E-state index is 0.289. The van der Waals surface area contributed by atoms with Crippen LogP contribution < -0.4 is 11.3 Å². The lowest BCUT2D eigenvalue weighted by atomic mass is 9.88. The van der Waals surface area contributed by atoms with Gasteiger partial charge in [0, 0.05) is 44.2 Å². The normalized spacial score (nSPS) is 19.3. The van der Waals surface area contributed by atoms with E-state index < -0.39 is 253 Å². The molecule has 11 rings (SSSR count). The maximum absolute atomic E-state index is 15.0. The molecule has 0 radical (unpaired) electrons. The minimum atomic E-state index is -2.69. The van der Waals surface area contributed by atoms with E-state index in [9.17, 15) is 116 Å². The number of phenols is 16. The topological polar surface area (TPSA) is 519 Å². The zero-order chi connectivity index (χ0) is 56.3. The molecule has 5 heterocycles. The first-order valence-corrected chi connectivity index (χ1v) is 21.7. The number of carbonyl (C=O) groups is 4. The third-order valence-electron chi connectivity index (χ3n) is 13.2. The average molecular weight is 1080 g/mol. The molecule has 0 saturated carbocycles. The third-order valence-corrected chi connectivity index (χ3v) is 13.2. The molecule has 0 spiro atoms. The first kappa shape index (κ1) is 49.1. The zero-order valence-corrected chi connectivity index (χ0v) is 37.8. The van der Waals surface area contributed by atoms with Crippen LogP contribution in [0.25, 0.3) is 66.1 Å². The number of esters is 4. The van der Waals surface area contributed by atoms with Gasteiger partial charge in [-0.1, -0.05) is 0 Å². The maximum atomic E-state index is 15.0. The third kappa shape index (κ3) is 6.49. The Morgan fingerprint density at radius 1 is 0.346 bits per heavy atom. The van der Waals surface area contributed by atoms with Crippen LogP contribution in [0.3, 0.4) is 0 Å². The van der Waals surface area contributed by atoms with E-state index in [2.05, 4.69) is 0 Å². The predicted molar refractivity (Wildman–Crippen MR) is 245 cm³/mol. The van der Waals surface area contributed by atoms with E-state index in [0.717, 1.165) is 0 Å². The smallest absolute Gasteiger partial charge is 0.345 e. The molecule has 5 unspecified atom stereocenters. The van der Waals surface area contributed by atoms with Gasteiger partial charge in [-0.15, -0.1) is 0 Å². The Morgan fingerprint density at radius 3 is 1.21 bits per heavy atom. The van der Waals surface area contributed by atoms with Gasteiger partial charge in [0.15, 0.2) is 93.3 Å². The van der Waals surface area contributed by atoms with Crippen molar-refractivity contribution in [2.75, 3.05) is 6.61 Å². The van der Waals surface area contributed by atoms with Gasteiger partial charge >= 0.3 is 35.1 Å². The van der Waals surface area contributed by atoms with Gasteiger partial charge in [-0.25, -0.2) is 28.8 Å². The molecule has 8 bridgehead atoms. The summed E-state index contributed by atoms with van der Waals surface area (Å²) in [6.07, 6.45) is -12.8. The Labute approximate surface area is 424 Å². The number of hydrogen-bond acceptors (Lipinski definition) is 30. The second-order valence-corrected chi connectivity index (χ2v) is 17.4. The largest absolute Gasteiger partial charge is 0.504 e. The number of aromatic hydroxyl groups is 16. The highest BCUT2D eigenvalue weighted by atomic mass is 16.7. The van der Waals surface area contributed by atoms with Gasteiger partial charge in [0.05, 0.1) is 27.5 Å². The van der Waals surface area contributed by atoms with Crippen molar-refractivity contribution in [3.8, 4) is 125 Å². The second kappa shape index (κ2) is 16.4. The molecule has 30 nitrogen and oxygen atoms in total. The van der Waals surface area contributed by atoms with Crippen molar-refractivity contribution in [3.05, 3.63) is 67.4 Å². The molecule has 78 heavy (non-hydrogen) atoms. The molecule has 0 aliphatic carbocycles. The van der Waals surface area contributed by atoms with Crippen LogP contribution in [0.5, 0.6) is 92.0 Å². The lowest BCUT2D eigenvalue weighted by Crippen LogP contribution is -2.62. The molecule has 8 aromatic rings. The molecule has 5 atom stereocenters. The summed E-state index contributed by atoms with van der Waals surface area (Å²) < 4.78 is 38.4. The SMILES string of the molecule is O=C1OCC2OC(O)C3OC(=O)c4cc(O)c(O)c(O)c4-c4c(cc(O)c(O)c4O)C(=O)OC3C2OC(=O)c2cc(O)c(O)c(O)c2-c2c(O)c(O)c3oc(=O)c4c(c(O)c(O)c5oc(=O)c2c3c54)-c2cc1c(O)c(O)c2O. The van der Waals surface area contributed by atoms with E-state index in [4.69, 9.17) is 32.5 Å². The van der Waals surface area contributed by atoms with Gasteiger partial charge in [0.1, 0.15) is 18.3 Å². The molecule has 6 aromatic carbocycles. The summed E-state index contributed by atoms with van der Waals surface area (Å²) in [5.41, 5.74) is -17.4. The number of ether oxygens (including phenoxy) is 5. The van der Waals surface area contributed by atoms with Gasteiger partial charge in [0.25, 0.3) is 0 Å². The number of fused-ring (bicyclic) bond motifs is 11. The van der Waals surface area contributed by atoms with Crippen molar-refractivity contribution in [2.24, 2.45) is 0 Å². The quantitative estimate of drug-likeness (QED) is 0.0339. The van der Waals surface area contributed by atoms with Crippen LogP contribution in [0.4, 0.5) is 0 Å². The molecule has 2 aromatic heterocycles. The van der Waals surface area contributed by atoms with Crippen molar-refractivity contribution in [2.45, 2.75) is 30.7 Å². The molecule has 30 heteroatoms. The number of aliphatic hydroxyl groups excluding tert-OH is 1. The molecule has 400 valence electrons. The van der Waals surface area contributed by atoms with E-state index in [1.165, 1.54) is 0 Å². The van der Waals surface area contributed by atoms with Crippen LogP contribution in [0.2, 0.25) is 0 Å². The maximum Gasteiger partial charge on any atom is 0.345 e. The Morgan fingerprint density at radius 2 is 0.731 bits per heavy atom. The molecule has 3 aliphatic heterocycles. The van der Waals surface area contributed by atoms with Crippen molar-refractivity contribution in [1.82, 2.24) is 0 Å². The summed E-state index contributed by atoms with van der Waals surface area (Å²) in [6.45, 7) is -1.44. The van der Waals surface area contributed by atoms with Crippen molar-refractivity contribution < 1.29 is 139 Å². The van der Waals surface area contributed by atoms with E-state index in [-0.39, 0.29) is 6.07 Å². The van der Waals surface area contributed by atoms with Gasteiger partial charge < -0.3 is 119 Å². The number of hydrogen-bond donors (Lipinski definition) is 17. The van der Waals surface area contributed by atoms with E-state index >= 15 is 0 Å². The number of carbonyl (C=O) groups excluding carboxylic acids is 4. The van der Waals surface area contributed by atoms with Crippen molar-refractivity contribution >= 4 is 56.6 Å². The predicted octanol–water partition coefficient (Wildman–Crippen LogP) is 1.96. The lowest BCUT2D eigenvalue weighted by molar-refractivity contribution is -0.284. The van der Waals surface area contributed by atoms with Crippen LogP contribution >= 0.6 is 0 Å². The van der Waals surface area contributed by atoms with Gasteiger partial charge in [0.2, 0.25) is 34.5 Å². The number of phenolic OH excluding ortho intramolecular Hbond substituents is 16. The lowest BCUT2D eigenvalue weighted by Gasteiger charge is -2.43. The highest BCUT2D eigenvalue weighted by molar-refractivity contribution is 6.29. The molecular formula is C48H28O30. The van der Waals surface area contributed by atoms with E-state index in [0.29, 0.717) is 18.2 Å². The number of cyclic esters (lactones) is 1. The molecule has 0 amide bonds. The van der Waals surface area contributed by atoms with Crippen molar-refractivity contribution in [1.29, 1.82) is 0 Å². The average Bonchev–Trinajstić information content (AvgIpc) is 3.51. The Bertz CT molecular complexity index is 4240. The van der Waals surface area contributed by atoms with Gasteiger partial charge in [-0.3, -0.25) is 0 Å². The summed E-state index contributed by atoms with van der Waals surface area (Å²) in [5.74, 6) is -31.1. The summed E-state index contributed by atoms with van der Waals surface area (Å²) in [5, 5.41) is 185. The molecule has 1 fully saturated rings. The summed E-state index contributed by atoms with van der Waals surface area (Å²) in [7, 11) is 0. The fourth-order valence-corrected chi connectivity index (χ4v) is 9.68. The summed E-state index contributed by atoms with van der Waals surface area (Å²) >= 11 is 0. The molecule has 3 aliphatic rings. The van der Waals surface area contributed by atoms with Crippen LogP contribution in [0, 0.1) is 0 Å². The van der Waals surface area contributed by atoms with Crippen LogP contribution in [0.1, 0.15) is 41.4 Å². The Balaban J connectivity index is 1.21. The van der Waals surface area contributed by atoms with E-state index in [1.807, 2.05) is 0 Å². The fraction of sp³-hybridized carbons (Fsp3) is 0.125. The number of aliphatic hydroxyl groups is 1. The fourth-order valence-electron chi connectivity index (χ4n) is 9.68. The first-order chi connectivity index (χ1) is 36.8. The highest BCUT2D eigenvalue weighted by Gasteiger charge is 2.54. The zero-order valence-electron chi connectivity index (χ0n) is 37.8. The number of rotatable bonds is 0. The van der Waals surface area contributed by atoms with Crippen molar-refractivity contribution in [3.63, 3.8) is 0 Å². The Hall–Kier alpha value is -11.1. The molecule has 1 saturated heterocycles. The Kier molecular flexibility index (Phi) is 10.3. The first-order valence-electron chi connectivity index (χ1n) is 21.7. The standard InChI is InChI=1S/C48H28O30/c49-11-2-7-16(29(57)26(11)54)17-8(3-12(50)27(55)30(17)58)45(68)78-41-40(77-44(7)67)37-14(73-48(41)71)5-72-42(65)10-1-6(24(52)34(62)25(10)53)15-22-20-21-23(47(70)76-38(20)35(63)32(15)60)19(33(61)36(64)39(21)75-46(22)69)18-9(43(66)74-37)4-13(51)28(56)31(18)59/h1-4,14,37,40-41,48-64,71H,5H2. The van der Waals surface area contributed by atoms with E-state index in [1.54, 1.807) is 0 Å². The minimum Gasteiger partial charge on any atom is -0.504 e.